The molecule has 0 aliphatic carbocycles. The van der Waals surface area contributed by atoms with Crippen LogP contribution in [0.25, 0.3) is 0 Å². The monoisotopic (exact) mass is 170 g/mol. The van der Waals surface area contributed by atoms with Gasteiger partial charge in [-0.2, -0.15) is 0 Å². The van der Waals surface area contributed by atoms with Crippen LogP contribution in [-0.4, -0.2) is 29.9 Å². The highest BCUT2D eigenvalue weighted by molar-refractivity contribution is 5.82. The molecule has 1 heterocycles. The molecular weight excluding hydrogens is 152 g/mol. The number of carbonyl (C=O) groups is 1. The molecular formula is C9H18N2O. The highest BCUT2D eigenvalue weighted by atomic mass is 16.2. The molecule has 3 nitrogen and oxygen atoms in total. The minimum atomic E-state index is -0.208. The SMILES string of the molecule is CCC(C)(C)C(=O)N1CC(N)C1. The largest absolute Gasteiger partial charge is 0.339 e. The van der Waals surface area contributed by atoms with Gasteiger partial charge in [-0.25, -0.2) is 0 Å². The summed E-state index contributed by atoms with van der Waals surface area (Å²) in [5, 5.41) is 0. The summed E-state index contributed by atoms with van der Waals surface area (Å²) < 4.78 is 0. The first-order chi connectivity index (χ1) is 5.47. The molecule has 1 saturated heterocycles. The minimum absolute atomic E-state index is 0.208. The summed E-state index contributed by atoms with van der Waals surface area (Å²) in [5.74, 6) is 0.242. The average Bonchev–Trinajstić information content (AvgIpc) is 1.97. The van der Waals surface area contributed by atoms with Crippen molar-refractivity contribution < 1.29 is 4.79 Å². The minimum Gasteiger partial charge on any atom is -0.339 e. The summed E-state index contributed by atoms with van der Waals surface area (Å²) in [5.41, 5.74) is 5.39. The first-order valence-corrected chi connectivity index (χ1v) is 4.52. The van der Waals surface area contributed by atoms with Gasteiger partial charge in [-0.05, 0) is 6.42 Å². The van der Waals surface area contributed by atoms with Crippen molar-refractivity contribution in [3.05, 3.63) is 0 Å². The van der Waals surface area contributed by atoms with Crippen molar-refractivity contribution in [2.45, 2.75) is 33.2 Å². The number of hydrogen-bond acceptors (Lipinski definition) is 2. The Morgan fingerprint density at radius 1 is 1.58 bits per heavy atom. The molecule has 0 spiro atoms. The lowest BCUT2D eigenvalue weighted by atomic mass is 9.87. The number of nitrogens with two attached hydrogens (primary N) is 1. The van der Waals surface area contributed by atoms with Gasteiger partial charge in [0.05, 0.1) is 0 Å². The van der Waals surface area contributed by atoms with E-state index in [-0.39, 0.29) is 17.4 Å². The quantitative estimate of drug-likeness (QED) is 0.659. The topological polar surface area (TPSA) is 46.3 Å². The highest BCUT2D eigenvalue weighted by Crippen LogP contribution is 2.25. The van der Waals surface area contributed by atoms with E-state index in [1.807, 2.05) is 25.7 Å². The molecule has 0 radical (unpaired) electrons. The van der Waals surface area contributed by atoms with Crippen molar-refractivity contribution in [1.82, 2.24) is 4.90 Å². The maximum Gasteiger partial charge on any atom is 0.228 e. The molecule has 0 unspecified atom stereocenters. The lowest BCUT2D eigenvalue weighted by Crippen LogP contribution is -2.60. The van der Waals surface area contributed by atoms with Crippen molar-refractivity contribution in [3.63, 3.8) is 0 Å². The maximum absolute atomic E-state index is 11.7. The summed E-state index contributed by atoms with van der Waals surface area (Å²) in [6.45, 7) is 7.49. The van der Waals surface area contributed by atoms with Gasteiger partial charge in [-0.3, -0.25) is 4.79 Å². The second-order valence-electron chi connectivity index (χ2n) is 4.21. The third-order valence-corrected chi connectivity index (χ3v) is 2.66. The van der Waals surface area contributed by atoms with E-state index in [0.717, 1.165) is 19.5 Å². The molecule has 0 bridgehead atoms. The number of nitrogens with zero attached hydrogens (tertiary/aromatic N) is 1. The van der Waals surface area contributed by atoms with Gasteiger partial charge < -0.3 is 10.6 Å². The van der Waals surface area contributed by atoms with Crippen LogP contribution in [-0.2, 0) is 4.79 Å². The second kappa shape index (κ2) is 3.05. The Labute approximate surface area is 73.9 Å². The van der Waals surface area contributed by atoms with E-state index >= 15 is 0 Å². The third-order valence-electron chi connectivity index (χ3n) is 2.66. The zero-order valence-corrected chi connectivity index (χ0v) is 8.13. The van der Waals surface area contributed by atoms with Crippen LogP contribution in [0.5, 0.6) is 0 Å². The van der Waals surface area contributed by atoms with Gasteiger partial charge in [0, 0.05) is 24.5 Å². The molecule has 0 aromatic carbocycles. The molecule has 1 rings (SSSR count). The third kappa shape index (κ3) is 1.61. The zero-order chi connectivity index (χ0) is 9.35. The molecule has 1 amide bonds. The van der Waals surface area contributed by atoms with Crippen LogP contribution in [0.4, 0.5) is 0 Å². The summed E-state index contributed by atoms with van der Waals surface area (Å²) in [6, 6.07) is 0.210. The van der Waals surface area contributed by atoms with E-state index in [2.05, 4.69) is 0 Å². The number of rotatable bonds is 2. The molecule has 1 fully saturated rings. The highest BCUT2D eigenvalue weighted by Gasteiger charge is 2.35. The lowest BCUT2D eigenvalue weighted by molar-refractivity contribution is -0.145. The molecule has 3 heteroatoms. The zero-order valence-electron chi connectivity index (χ0n) is 8.13. The number of hydrogen-bond donors (Lipinski definition) is 1. The van der Waals surface area contributed by atoms with Crippen molar-refractivity contribution in [1.29, 1.82) is 0 Å². The van der Waals surface area contributed by atoms with Gasteiger partial charge >= 0.3 is 0 Å². The Hall–Kier alpha value is -0.570. The van der Waals surface area contributed by atoms with Gasteiger partial charge in [0.25, 0.3) is 0 Å². The molecule has 0 aromatic rings. The van der Waals surface area contributed by atoms with E-state index in [0.29, 0.717) is 0 Å². The fourth-order valence-corrected chi connectivity index (χ4v) is 1.26. The van der Waals surface area contributed by atoms with Crippen molar-refractivity contribution >= 4 is 5.91 Å². The number of carbonyl (C=O) groups excluding carboxylic acids is 1. The Kier molecular flexibility index (Phi) is 2.42. The smallest absolute Gasteiger partial charge is 0.228 e. The van der Waals surface area contributed by atoms with Crippen LogP contribution in [0, 0.1) is 5.41 Å². The Balaban J connectivity index is 2.48. The Morgan fingerprint density at radius 3 is 2.42 bits per heavy atom. The van der Waals surface area contributed by atoms with Gasteiger partial charge in [0.1, 0.15) is 0 Å². The van der Waals surface area contributed by atoms with Crippen LogP contribution in [0.1, 0.15) is 27.2 Å². The van der Waals surface area contributed by atoms with Gasteiger partial charge in [0.15, 0.2) is 0 Å². The summed E-state index contributed by atoms with van der Waals surface area (Å²) in [4.78, 5) is 13.5. The van der Waals surface area contributed by atoms with E-state index < -0.39 is 0 Å². The molecule has 1 aliphatic rings. The standard InChI is InChI=1S/C9H18N2O/c1-4-9(2,3)8(12)11-5-7(10)6-11/h7H,4-6,10H2,1-3H3. The van der Waals surface area contributed by atoms with Gasteiger partial charge in [0.2, 0.25) is 5.91 Å². The van der Waals surface area contributed by atoms with Crippen molar-refractivity contribution in [2.75, 3.05) is 13.1 Å². The first-order valence-electron chi connectivity index (χ1n) is 4.52. The van der Waals surface area contributed by atoms with Crippen molar-refractivity contribution in [3.8, 4) is 0 Å². The van der Waals surface area contributed by atoms with E-state index in [9.17, 15) is 4.79 Å². The fourth-order valence-electron chi connectivity index (χ4n) is 1.26. The Bertz CT molecular complexity index is 183. The maximum atomic E-state index is 11.7. The summed E-state index contributed by atoms with van der Waals surface area (Å²) in [6.07, 6.45) is 0.886. The second-order valence-corrected chi connectivity index (χ2v) is 4.21. The average molecular weight is 170 g/mol. The summed E-state index contributed by atoms with van der Waals surface area (Å²) in [7, 11) is 0. The van der Waals surface area contributed by atoms with E-state index in [4.69, 9.17) is 5.73 Å². The Morgan fingerprint density at radius 2 is 2.08 bits per heavy atom. The van der Waals surface area contributed by atoms with Gasteiger partial charge in [-0.1, -0.05) is 20.8 Å². The van der Waals surface area contributed by atoms with Crippen molar-refractivity contribution in [2.24, 2.45) is 11.1 Å². The molecule has 12 heavy (non-hydrogen) atoms. The predicted octanol–water partition coefficient (Wildman–Crippen LogP) is 0.592. The molecule has 0 atom stereocenters. The van der Waals surface area contributed by atoms with Gasteiger partial charge in [-0.15, -0.1) is 0 Å². The van der Waals surface area contributed by atoms with Crippen LogP contribution in [0.2, 0.25) is 0 Å². The molecule has 1 aliphatic heterocycles. The fraction of sp³-hybridized carbons (Fsp3) is 0.889. The van der Waals surface area contributed by atoms with Crippen LogP contribution >= 0.6 is 0 Å². The molecule has 2 N–H and O–H groups in total. The van der Waals surface area contributed by atoms with Crippen LogP contribution < -0.4 is 5.73 Å². The molecule has 70 valence electrons. The van der Waals surface area contributed by atoms with E-state index in [1.54, 1.807) is 0 Å². The molecule has 0 saturated carbocycles. The predicted molar refractivity (Wildman–Crippen MR) is 48.6 cm³/mol. The lowest BCUT2D eigenvalue weighted by Gasteiger charge is -2.41. The summed E-state index contributed by atoms with van der Waals surface area (Å²) >= 11 is 0. The first kappa shape index (κ1) is 9.52. The normalized spacial score (nSPS) is 19.2. The van der Waals surface area contributed by atoms with E-state index in [1.165, 1.54) is 0 Å². The number of likely N-dealkylation sites (tertiary alicyclic amines) is 1. The van der Waals surface area contributed by atoms with Crippen LogP contribution in [0.3, 0.4) is 0 Å². The number of amides is 1. The molecule has 0 aromatic heterocycles. The van der Waals surface area contributed by atoms with Crippen LogP contribution in [0.15, 0.2) is 0 Å².